The van der Waals surface area contributed by atoms with Crippen LogP contribution < -0.4 is 0 Å². The topological polar surface area (TPSA) is 35.5 Å². The SMILES string of the molecule is CC(OC(=O)C(C)(CC(C)(C)C)C1(C)CC1)OC(C)(C)C. The lowest BCUT2D eigenvalue weighted by Gasteiger charge is -2.39. The molecule has 0 radical (unpaired) electrons. The van der Waals surface area contributed by atoms with Gasteiger partial charge in [-0.2, -0.15) is 0 Å². The lowest BCUT2D eigenvalue weighted by atomic mass is 9.66. The van der Waals surface area contributed by atoms with Crippen molar-refractivity contribution in [3.8, 4) is 0 Å². The van der Waals surface area contributed by atoms with Crippen LogP contribution in [0.3, 0.4) is 0 Å². The Morgan fingerprint density at radius 1 is 1.10 bits per heavy atom. The van der Waals surface area contributed by atoms with Crippen molar-refractivity contribution in [2.75, 3.05) is 0 Å². The molecule has 0 aromatic carbocycles. The molecule has 21 heavy (non-hydrogen) atoms. The highest BCUT2D eigenvalue weighted by Crippen LogP contribution is 2.62. The molecule has 0 spiro atoms. The molecule has 1 aliphatic carbocycles. The van der Waals surface area contributed by atoms with Gasteiger partial charge in [-0.05, 0) is 64.7 Å². The summed E-state index contributed by atoms with van der Waals surface area (Å²) in [5, 5.41) is 0. The number of carbonyl (C=O) groups excluding carboxylic acids is 1. The molecule has 1 rings (SSSR count). The van der Waals surface area contributed by atoms with Gasteiger partial charge in [0.25, 0.3) is 0 Å². The predicted octanol–water partition coefficient (Wildman–Crippen LogP) is 4.93. The summed E-state index contributed by atoms with van der Waals surface area (Å²) in [4.78, 5) is 12.8. The molecule has 0 bridgehead atoms. The van der Waals surface area contributed by atoms with E-state index < -0.39 is 11.7 Å². The van der Waals surface area contributed by atoms with Gasteiger partial charge in [-0.1, -0.05) is 27.7 Å². The van der Waals surface area contributed by atoms with Gasteiger partial charge in [0.05, 0.1) is 11.0 Å². The highest BCUT2D eigenvalue weighted by Gasteiger charge is 2.59. The molecule has 1 saturated carbocycles. The second-order valence-corrected chi connectivity index (χ2v) is 9.33. The summed E-state index contributed by atoms with van der Waals surface area (Å²) in [6, 6.07) is 0. The van der Waals surface area contributed by atoms with Gasteiger partial charge in [0.15, 0.2) is 0 Å². The van der Waals surface area contributed by atoms with Crippen LogP contribution in [0.25, 0.3) is 0 Å². The maximum absolute atomic E-state index is 12.8. The molecule has 124 valence electrons. The highest BCUT2D eigenvalue weighted by atomic mass is 16.7. The Hall–Kier alpha value is -0.570. The van der Waals surface area contributed by atoms with E-state index in [1.54, 1.807) is 6.92 Å². The molecule has 0 aliphatic heterocycles. The Morgan fingerprint density at radius 2 is 1.57 bits per heavy atom. The van der Waals surface area contributed by atoms with Gasteiger partial charge in [0.1, 0.15) is 0 Å². The summed E-state index contributed by atoms with van der Waals surface area (Å²) in [6.07, 6.45) is 2.52. The number of esters is 1. The normalized spacial score (nSPS) is 22.3. The van der Waals surface area contributed by atoms with E-state index in [1.165, 1.54) is 0 Å². The van der Waals surface area contributed by atoms with Crippen LogP contribution in [0.15, 0.2) is 0 Å². The number of hydrogen-bond donors (Lipinski definition) is 0. The summed E-state index contributed by atoms with van der Waals surface area (Å²) >= 11 is 0. The fourth-order valence-corrected chi connectivity index (χ4v) is 3.13. The van der Waals surface area contributed by atoms with Gasteiger partial charge in [0.2, 0.25) is 6.29 Å². The molecule has 3 heteroatoms. The van der Waals surface area contributed by atoms with E-state index in [9.17, 15) is 4.79 Å². The predicted molar refractivity (Wildman–Crippen MR) is 85.9 cm³/mol. The summed E-state index contributed by atoms with van der Waals surface area (Å²) in [7, 11) is 0. The number of rotatable bonds is 5. The molecule has 0 aromatic heterocycles. The van der Waals surface area contributed by atoms with Crippen LogP contribution in [0.5, 0.6) is 0 Å². The zero-order valence-corrected chi connectivity index (χ0v) is 15.4. The van der Waals surface area contributed by atoms with E-state index in [-0.39, 0.29) is 22.4 Å². The van der Waals surface area contributed by atoms with Crippen LogP contribution in [0.2, 0.25) is 0 Å². The third kappa shape index (κ3) is 4.98. The molecule has 2 unspecified atom stereocenters. The van der Waals surface area contributed by atoms with Gasteiger partial charge in [0, 0.05) is 0 Å². The third-order valence-electron chi connectivity index (χ3n) is 4.46. The molecule has 2 atom stereocenters. The van der Waals surface area contributed by atoms with E-state index in [2.05, 4.69) is 34.6 Å². The van der Waals surface area contributed by atoms with Gasteiger partial charge < -0.3 is 9.47 Å². The van der Waals surface area contributed by atoms with Gasteiger partial charge >= 0.3 is 5.97 Å². The molecule has 0 saturated heterocycles. The first-order valence-electron chi connectivity index (χ1n) is 8.08. The Morgan fingerprint density at radius 3 is 1.90 bits per heavy atom. The van der Waals surface area contributed by atoms with Crippen LogP contribution >= 0.6 is 0 Å². The van der Waals surface area contributed by atoms with Crippen LogP contribution in [0, 0.1) is 16.2 Å². The van der Waals surface area contributed by atoms with Crippen molar-refractivity contribution in [1.29, 1.82) is 0 Å². The third-order valence-corrected chi connectivity index (χ3v) is 4.46. The Balaban J connectivity index is 2.83. The molecular formula is C18H34O3. The summed E-state index contributed by atoms with van der Waals surface area (Å²) in [6.45, 7) is 18.5. The summed E-state index contributed by atoms with van der Waals surface area (Å²) < 4.78 is 11.4. The highest BCUT2D eigenvalue weighted by molar-refractivity contribution is 5.78. The minimum Gasteiger partial charge on any atom is -0.436 e. The molecule has 1 aliphatic rings. The van der Waals surface area contributed by atoms with Crippen molar-refractivity contribution in [1.82, 2.24) is 0 Å². The summed E-state index contributed by atoms with van der Waals surface area (Å²) in [5.74, 6) is -0.117. The molecule has 3 nitrogen and oxygen atoms in total. The Bertz CT molecular complexity index is 382. The number of ether oxygens (including phenoxy) is 2. The van der Waals surface area contributed by atoms with E-state index >= 15 is 0 Å². The smallest absolute Gasteiger partial charge is 0.314 e. The van der Waals surface area contributed by atoms with E-state index in [0.717, 1.165) is 19.3 Å². The quantitative estimate of drug-likeness (QED) is 0.533. The molecule has 0 aromatic rings. The van der Waals surface area contributed by atoms with Crippen molar-refractivity contribution < 1.29 is 14.3 Å². The first kappa shape index (κ1) is 18.5. The zero-order chi connectivity index (χ0) is 16.7. The minimum absolute atomic E-state index is 0.0683. The lowest BCUT2D eigenvalue weighted by molar-refractivity contribution is -0.210. The average molecular weight is 298 g/mol. The first-order chi connectivity index (χ1) is 9.19. The van der Waals surface area contributed by atoms with Crippen LogP contribution in [0.1, 0.15) is 81.6 Å². The van der Waals surface area contributed by atoms with Crippen LogP contribution in [0.4, 0.5) is 0 Å². The van der Waals surface area contributed by atoms with E-state index in [0.29, 0.717) is 0 Å². The fraction of sp³-hybridized carbons (Fsp3) is 0.944. The van der Waals surface area contributed by atoms with Crippen molar-refractivity contribution in [2.24, 2.45) is 16.2 Å². The average Bonchev–Trinajstić information content (AvgIpc) is 2.91. The molecule has 0 amide bonds. The standard InChI is InChI=1S/C18H34O3/c1-13(21-16(5,6)7)20-14(19)18(9,12-15(2,3)4)17(8)10-11-17/h13H,10-12H2,1-9H3. The summed E-state index contributed by atoms with van der Waals surface area (Å²) in [5.41, 5.74) is -0.601. The number of hydrogen-bond acceptors (Lipinski definition) is 3. The monoisotopic (exact) mass is 298 g/mol. The molecule has 0 N–H and O–H groups in total. The molecule has 1 fully saturated rings. The van der Waals surface area contributed by atoms with E-state index in [4.69, 9.17) is 9.47 Å². The van der Waals surface area contributed by atoms with Gasteiger partial charge in [-0.25, -0.2) is 0 Å². The second kappa shape index (κ2) is 5.57. The Kier molecular flexibility index (Phi) is 4.90. The van der Waals surface area contributed by atoms with Crippen LogP contribution in [-0.4, -0.2) is 17.9 Å². The van der Waals surface area contributed by atoms with Crippen molar-refractivity contribution >= 4 is 5.97 Å². The largest absolute Gasteiger partial charge is 0.436 e. The minimum atomic E-state index is -0.515. The van der Waals surface area contributed by atoms with Crippen molar-refractivity contribution in [3.63, 3.8) is 0 Å². The van der Waals surface area contributed by atoms with Crippen molar-refractivity contribution in [2.45, 2.75) is 93.5 Å². The molecule has 0 heterocycles. The molecular weight excluding hydrogens is 264 g/mol. The number of carbonyl (C=O) groups is 1. The van der Waals surface area contributed by atoms with E-state index in [1.807, 2.05) is 20.8 Å². The van der Waals surface area contributed by atoms with Gasteiger partial charge in [-0.15, -0.1) is 0 Å². The van der Waals surface area contributed by atoms with Gasteiger partial charge in [-0.3, -0.25) is 4.79 Å². The maximum atomic E-state index is 12.8. The first-order valence-corrected chi connectivity index (χ1v) is 8.08. The fourth-order valence-electron chi connectivity index (χ4n) is 3.13. The second-order valence-electron chi connectivity index (χ2n) is 9.33. The van der Waals surface area contributed by atoms with Crippen molar-refractivity contribution in [3.05, 3.63) is 0 Å². The maximum Gasteiger partial charge on any atom is 0.314 e. The zero-order valence-electron chi connectivity index (χ0n) is 15.4. The Labute approximate surface area is 130 Å². The van der Waals surface area contributed by atoms with Crippen LogP contribution in [-0.2, 0) is 14.3 Å². The lowest BCUT2D eigenvalue weighted by Crippen LogP contribution is -2.43.